The van der Waals surface area contributed by atoms with E-state index in [1.165, 1.54) is 0 Å². The highest BCUT2D eigenvalue weighted by Gasteiger charge is 2.63. The molecule has 0 aromatic rings. The zero-order valence-electron chi connectivity index (χ0n) is 8.37. The van der Waals surface area contributed by atoms with E-state index in [-0.39, 0.29) is 17.1 Å². The van der Waals surface area contributed by atoms with Crippen LogP contribution in [0.4, 0.5) is 0 Å². The second-order valence-electron chi connectivity index (χ2n) is 4.95. The second kappa shape index (κ2) is 2.24. The van der Waals surface area contributed by atoms with Crippen LogP contribution in [0.1, 0.15) is 27.2 Å². The lowest BCUT2D eigenvalue weighted by molar-refractivity contribution is -0.121. The summed E-state index contributed by atoms with van der Waals surface area (Å²) in [7, 11) is 0. The molecule has 0 aromatic heterocycles. The highest BCUT2D eigenvalue weighted by Crippen LogP contribution is 2.64. The van der Waals surface area contributed by atoms with Gasteiger partial charge in [0.1, 0.15) is 5.78 Å². The van der Waals surface area contributed by atoms with Crippen molar-refractivity contribution in [1.82, 2.24) is 0 Å². The molecule has 0 amide bonds. The number of ketones is 1. The predicted octanol–water partition coefficient (Wildman–Crippen LogP) is 1.54. The van der Waals surface area contributed by atoms with Crippen LogP contribution >= 0.6 is 0 Å². The zero-order chi connectivity index (χ0) is 9.85. The van der Waals surface area contributed by atoms with Crippen molar-refractivity contribution < 1.29 is 9.90 Å². The Balaban J connectivity index is 2.20. The van der Waals surface area contributed by atoms with Crippen molar-refractivity contribution in [3.05, 3.63) is 12.2 Å². The Morgan fingerprint density at radius 3 is 2.46 bits per heavy atom. The lowest BCUT2D eigenvalue weighted by Gasteiger charge is -2.25. The lowest BCUT2D eigenvalue weighted by atomic mass is 9.87. The van der Waals surface area contributed by atoms with Gasteiger partial charge in [-0.25, -0.2) is 0 Å². The van der Waals surface area contributed by atoms with Crippen molar-refractivity contribution >= 4 is 5.78 Å². The summed E-state index contributed by atoms with van der Waals surface area (Å²) in [6, 6.07) is 0. The molecule has 13 heavy (non-hydrogen) atoms. The zero-order valence-corrected chi connectivity index (χ0v) is 8.37. The van der Waals surface area contributed by atoms with Crippen LogP contribution in [0.5, 0.6) is 0 Å². The number of hydrogen-bond acceptors (Lipinski definition) is 2. The molecule has 3 atom stereocenters. The molecule has 0 saturated heterocycles. The van der Waals surface area contributed by atoms with Crippen molar-refractivity contribution in [3.8, 4) is 0 Å². The van der Waals surface area contributed by atoms with E-state index >= 15 is 0 Å². The van der Waals surface area contributed by atoms with Crippen LogP contribution in [-0.4, -0.2) is 16.5 Å². The Morgan fingerprint density at radius 1 is 1.62 bits per heavy atom. The number of carbonyl (C=O) groups excluding carboxylic acids is 1. The van der Waals surface area contributed by atoms with Crippen molar-refractivity contribution in [3.63, 3.8) is 0 Å². The second-order valence-corrected chi connectivity index (χ2v) is 4.95. The molecular formula is C11H16O2. The van der Waals surface area contributed by atoms with Crippen LogP contribution in [0.25, 0.3) is 0 Å². The van der Waals surface area contributed by atoms with E-state index in [0.29, 0.717) is 5.92 Å². The molecule has 1 fully saturated rings. The van der Waals surface area contributed by atoms with E-state index in [0.717, 1.165) is 6.42 Å². The molecule has 2 rings (SSSR count). The summed E-state index contributed by atoms with van der Waals surface area (Å²) in [5, 5.41) is 9.85. The van der Waals surface area contributed by atoms with Gasteiger partial charge in [-0.1, -0.05) is 12.2 Å². The number of Topliss-reactive ketones (excluding diaryl/α,β-unsaturated/α-hetero) is 1. The smallest absolute Gasteiger partial charge is 0.140 e. The standard InChI is InChI=1S/C11H16O2/c1-7(12)11-5-4-8(9(11)6-11)10(2,3)13/h4-5,8-9,13H,6H2,1-3H3. The molecule has 1 saturated carbocycles. The number of fused-ring (bicyclic) bond motifs is 1. The van der Waals surface area contributed by atoms with Gasteiger partial charge in [0, 0.05) is 5.92 Å². The maximum atomic E-state index is 11.3. The largest absolute Gasteiger partial charge is 0.390 e. The summed E-state index contributed by atoms with van der Waals surface area (Å²) < 4.78 is 0. The Morgan fingerprint density at radius 2 is 2.23 bits per heavy atom. The minimum absolute atomic E-state index is 0.163. The van der Waals surface area contributed by atoms with Gasteiger partial charge in [-0.15, -0.1) is 0 Å². The summed E-state index contributed by atoms with van der Waals surface area (Å²) in [4.78, 5) is 11.3. The van der Waals surface area contributed by atoms with E-state index < -0.39 is 5.60 Å². The summed E-state index contributed by atoms with van der Waals surface area (Å²) >= 11 is 0. The van der Waals surface area contributed by atoms with Gasteiger partial charge >= 0.3 is 0 Å². The fourth-order valence-corrected chi connectivity index (χ4v) is 2.60. The maximum Gasteiger partial charge on any atom is 0.140 e. The van der Waals surface area contributed by atoms with Crippen molar-refractivity contribution in [2.24, 2.45) is 17.3 Å². The van der Waals surface area contributed by atoms with Crippen molar-refractivity contribution in [1.29, 1.82) is 0 Å². The topological polar surface area (TPSA) is 37.3 Å². The molecule has 0 heterocycles. The minimum atomic E-state index is -0.686. The van der Waals surface area contributed by atoms with Gasteiger partial charge in [0.15, 0.2) is 0 Å². The molecule has 3 unspecified atom stereocenters. The molecule has 0 aromatic carbocycles. The van der Waals surface area contributed by atoms with Gasteiger partial charge in [-0.2, -0.15) is 0 Å². The summed E-state index contributed by atoms with van der Waals surface area (Å²) in [5.41, 5.74) is -0.875. The SMILES string of the molecule is CC(=O)C12C=CC(C(C)(C)O)C1C2. The third-order valence-corrected chi connectivity index (χ3v) is 3.56. The highest BCUT2D eigenvalue weighted by atomic mass is 16.3. The predicted molar refractivity (Wildman–Crippen MR) is 50.1 cm³/mol. The fraction of sp³-hybridized carbons (Fsp3) is 0.727. The fourth-order valence-electron chi connectivity index (χ4n) is 2.60. The molecule has 0 bridgehead atoms. The first kappa shape index (κ1) is 8.95. The quantitative estimate of drug-likeness (QED) is 0.654. The van der Waals surface area contributed by atoms with Gasteiger partial charge in [-0.05, 0) is 33.1 Å². The average Bonchev–Trinajstić information content (AvgIpc) is 2.56. The molecule has 0 aliphatic heterocycles. The lowest BCUT2D eigenvalue weighted by Crippen LogP contribution is -2.30. The van der Waals surface area contributed by atoms with Crippen LogP contribution < -0.4 is 0 Å². The average molecular weight is 180 g/mol. The minimum Gasteiger partial charge on any atom is -0.390 e. The molecule has 0 radical (unpaired) electrons. The molecular weight excluding hydrogens is 164 g/mol. The first-order chi connectivity index (χ1) is 5.88. The van der Waals surface area contributed by atoms with Crippen LogP contribution in [0, 0.1) is 17.3 Å². The number of aliphatic hydroxyl groups is 1. The van der Waals surface area contributed by atoms with Crippen LogP contribution in [-0.2, 0) is 4.79 Å². The monoisotopic (exact) mass is 180 g/mol. The van der Waals surface area contributed by atoms with Crippen LogP contribution in [0.3, 0.4) is 0 Å². The summed E-state index contributed by atoms with van der Waals surface area (Å²) in [6.45, 7) is 5.28. The van der Waals surface area contributed by atoms with Gasteiger partial charge < -0.3 is 5.11 Å². The number of rotatable bonds is 2. The first-order valence-corrected chi connectivity index (χ1v) is 4.81. The first-order valence-electron chi connectivity index (χ1n) is 4.81. The Hall–Kier alpha value is -0.630. The van der Waals surface area contributed by atoms with Gasteiger partial charge in [0.2, 0.25) is 0 Å². The molecule has 72 valence electrons. The van der Waals surface area contributed by atoms with Crippen molar-refractivity contribution in [2.75, 3.05) is 0 Å². The van der Waals surface area contributed by atoms with Crippen LogP contribution in [0.2, 0.25) is 0 Å². The summed E-state index contributed by atoms with van der Waals surface area (Å²) in [5.74, 6) is 0.780. The van der Waals surface area contributed by atoms with Gasteiger partial charge in [-0.3, -0.25) is 4.79 Å². The number of hydrogen-bond donors (Lipinski definition) is 1. The third-order valence-electron chi connectivity index (χ3n) is 3.56. The van der Waals surface area contributed by atoms with Gasteiger partial charge in [0.25, 0.3) is 0 Å². The van der Waals surface area contributed by atoms with E-state index in [4.69, 9.17) is 0 Å². The highest BCUT2D eigenvalue weighted by molar-refractivity contribution is 5.89. The van der Waals surface area contributed by atoms with E-state index in [2.05, 4.69) is 0 Å². The van der Waals surface area contributed by atoms with Gasteiger partial charge in [0.05, 0.1) is 11.0 Å². The Labute approximate surface area is 78.6 Å². The van der Waals surface area contributed by atoms with Crippen molar-refractivity contribution in [2.45, 2.75) is 32.8 Å². The third kappa shape index (κ3) is 1.08. The Bertz CT molecular complexity index is 285. The van der Waals surface area contributed by atoms with E-state index in [9.17, 15) is 9.90 Å². The molecule has 0 spiro atoms. The van der Waals surface area contributed by atoms with Crippen LogP contribution in [0.15, 0.2) is 12.2 Å². The molecule has 2 heteroatoms. The molecule has 2 aliphatic carbocycles. The normalized spacial score (nSPS) is 41.8. The van der Waals surface area contributed by atoms with E-state index in [1.54, 1.807) is 6.92 Å². The molecule has 2 nitrogen and oxygen atoms in total. The molecule has 2 aliphatic rings. The van der Waals surface area contributed by atoms with E-state index in [1.807, 2.05) is 26.0 Å². The summed E-state index contributed by atoms with van der Waals surface area (Å²) in [6.07, 6.45) is 4.95. The maximum absolute atomic E-state index is 11.3. The Kier molecular flexibility index (Phi) is 1.54. The molecule has 1 N–H and O–H groups in total. The number of carbonyl (C=O) groups is 1. The number of allylic oxidation sites excluding steroid dienone is 1.